The number of carboxylic acid groups (broad SMARTS) is 1. The molecule has 0 aliphatic carbocycles. The van der Waals surface area contributed by atoms with Gasteiger partial charge in [-0.15, -0.1) is 0 Å². The lowest BCUT2D eigenvalue weighted by Gasteiger charge is -2.34. The minimum atomic E-state index is -0.979. The molecule has 6 nitrogen and oxygen atoms in total. The first-order valence-corrected chi connectivity index (χ1v) is 5.74. The van der Waals surface area contributed by atoms with Gasteiger partial charge in [0, 0.05) is 13.5 Å². The SMILES string of the molecule is CC(=O)NC(C)C(=O)N1CCCCC1C(=O)O. The molecule has 2 N–H and O–H groups in total. The van der Waals surface area contributed by atoms with Crippen LogP contribution in [0, 0.1) is 0 Å². The molecule has 1 aliphatic rings. The minimum Gasteiger partial charge on any atom is -0.480 e. The van der Waals surface area contributed by atoms with E-state index in [2.05, 4.69) is 5.32 Å². The average molecular weight is 242 g/mol. The summed E-state index contributed by atoms with van der Waals surface area (Å²) in [5.41, 5.74) is 0. The summed E-state index contributed by atoms with van der Waals surface area (Å²) in [6, 6.07) is -1.43. The molecule has 96 valence electrons. The van der Waals surface area contributed by atoms with Crippen LogP contribution in [0.1, 0.15) is 33.1 Å². The van der Waals surface area contributed by atoms with Gasteiger partial charge in [0.05, 0.1) is 0 Å². The monoisotopic (exact) mass is 242 g/mol. The van der Waals surface area contributed by atoms with E-state index in [1.165, 1.54) is 11.8 Å². The largest absolute Gasteiger partial charge is 0.480 e. The van der Waals surface area contributed by atoms with Crippen molar-refractivity contribution in [3.63, 3.8) is 0 Å². The Labute approximate surface area is 100.0 Å². The summed E-state index contributed by atoms with van der Waals surface area (Å²) in [7, 11) is 0. The van der Waals surface area contributed by atoms with Crippen LogP contribution in [0.3, 0.4) is 0 Å². The standard InChI is InChI=1S/C11H18N2O4/c1-7(12-8(2)14)10(15)13-6-4-3-5-9(13)11(16)17/h7,9H,3-6H2,1-2H3,(H,12,14)(H,16,17). The normalized spacial score (nSPS) is 21.8. The summed E-state index contributed by atoms with van der Waals surface area (Å²) in [6.45, 7) is 3.34. The van der Waals surface area contributed by atoms with Crippen molar-refractivity contribution < 1.29 is 19.5 Å². The molecular formula is C11H18N2O4. The highest BCUT2D eigenvalue weighted by Gasteiger charge is 2.34. The van der Waals surface area contributed by atoms with E-state index in [0.29, 0.717) is 13.0 Å². The molecular weight excluding hydrogens is 224 g/mol. The van der Waals surface area contributed by atoms with E-state index in [0.717, 1.165) is 12.8 Å². The van der Waals surface area contributed by atoms with Crippen LogP contribution in [0.5, 0.6) is 0 Å². The third-order valence-corrected chi connectivity index (χ3v) is 2.86. The fourth-order valence-corrected chi connectivity index (χ4v) is 2.07. The third kappa shape index (κ3) is 3.44. The number of carbonyl (C=O) groups excluding carboxylic acids is 2. The van der Waals surface area contributed by atoms with Crippen LogP contribution in [0.2, 0.25) is 0 Å². The van der Waals surface area contributed by atoms with Crippen molar-refractivity contribution in [1.29, 1.82) is 0 Å². The zero-order valence-corrected chi connectivity index (χ0v) is 10.1. The van der Waals surface area contributed by atoms with Crippen molar-refractivity contribution in [3.8, 4) is 0 Å². The highest BCUT2D eigenvalue weighted by molar-refractivity contribution is 5.89. The first-order valence-electron chi connectivity index (χ1n) is 5.74. The van der Waals surface area contributed by atoms with E-state index in [4.69, 9.17) is 5.11 Å². The van der Waals surface area contributed by atoms with Crippen LogP contribution in [-0.4, -0.2) is 46.4 Å². The van der Waals surface area contributed by atoms with Crippen molar-refractivity contribution >= 4 is 17.8 Å². The summed E-state index contributed by atoms with van der Waals surface area (Å²) in [5, 5.41) is 11.5. The van der Waals surface area contributed by atoms with Crippen LogP contribution < -0.4 is 5.32 Å². The van der Waals surface area contributed by atoms with Crippen LogP contribution in [0.25, 0.3) is 0 Å². The predicted molar refractivity (Wildman–Crippen MR) is 60.3 cm³/mol. The van der Waals surface area contributed by atoms with Gasteiger partial charge in [-0.2, -0.15) is 0 Å². The molecule has 1 saturated heterocycles. The Morgan fingerprint density at radius 3 is 2.53 bits per heavy atom. The van der Waals surface area contributed by atoms with E-state index in [9.17, 15) is 14.4 Å². The van der Waals surface area contributed by atoms with E-state index < -0.39 is 18.1 Å². The summed E-state index contributed by atoms with van der Waals surface area (Å²) >= 11 is 0. The van der Waals surface area contributed by atoms with Crippen LogP contribution >= 0.6 is 0 Å². The molecule has 2 unspecified atom stereocenters. The first-order chi connectivity index (χ1) is 7.93. The Kier molecular flexibility index (Phi) is 4.48. The first kappa shape index (κ1) is 13.5. The zero-order chi connectivity index (χ0) is 13.0. The topological polar surface area (TPSA) is 86.7 Å². The second-order valence-corrected chi connectivity index (χ2v) is 4.30. The van der Waals surface area contributed by atoms with Crippen molar-refractivity contribution in [2.75, 3.05) is 6.54 Å². The lowest BCUT2D eigenvalue weighted by molar-refractivity contribution is -0.153. The van der Waals surface area contributed by atoms with E-state index in [-0.39, 0.29) is 11.8 Å². The lowest BCUT2D eigenvalue weighted by Crippen LogP contribution is -2.54. The molecule has 0 radical (unpaired) electrons. The molecule has 1 rings (SSSR count). The highest BCUT2D eigenvalue weighted by atomic mass is 16.4. The number of hydrogen-bond donors (Lipinski definition) is 2. The van der Waals surface area contributed by atoms with Gasteiger partial charge in [-0.05, 0) is 26.2 Å². The molecule has 1 aliphatic heterocycles. The Morgan fingerprint density at radius 2 is 2.00 bits per heavy atom. The molecule has 17 heavy (non-hydrogen) atoms. The maximum Gasteiger partial charge on any atom is 0.326 e. The number of amides is 2. The van der Waals surface area contributed by atoms with Crippen LogP contribution in [0.15, 0.2) is 0 Å². The van der Waals surface area contributed by atoms with Gasteiger partial charge >= 0.3 is 5.97 Å². The Morgan fingerprint density at radius 1 is 1.35 bits per heavy atom. The average Bonchev–Trinajstić information content (AvgIpc) is 2.27. The molecule has 6 heteroatoms. The van der Waals surface area contributed by atoms with Gasteiger partial charge in [-0.3, -0.25) is 9.59 Å². The summed E-state index contributed by atoms with van der Waals surface area (Å²) in [5.74, 6) is -1.60. The van der Waals surface area contributed by atoms with E-state index in [1.807, 2.05) is 0 Å². The van der Waals surface area contributed by atoms with Gasteiger partial charge in [0.25, 0.3) is 0 Å². The smallest absolute Gasteiger partial charge is 0.326 e. The van der Waals surface area contributed by atoms with E-state index in [1.54, 1.807) is 6.92 Å². The molecule has 1 heterocycles. The minimum absolute atomic E-state index is 0.297. The number of carboxylic acids is 1. The second kappa shape index (κ2) is 5.65. The number of rotatable bonds is 3. The fourth-order valence-electron chi connectivity index (χ4n) is 2.07. The van der Waals surface area contributed by atoms with Crippen LogP contribution in [0.4, 0.5) is 0 Å². The fraction of sp³-hybridized carbons (Fsp3) is 0.727. The van der Waals surface area contributed by atoms with Gasteiger partial charge < -0.3 is 15.3 Å². The number of likely N-dealkylation sites (tertiary alicyclic amines) is 1. The summed E-state index contributed by atoms with van der Waals surface area (Å²) < 4.78 is 0. The van der Waals surface area contributed by atoms with Crippen molar-refractivity contribution in [2.45, 2.75) is 45.2 Å². The molecule has 0 bridgehead atoms. The number of nitrogens with zero attached hydrogens (tertiary/aromatic N) is 1. The molecule has 2 amide bonds. The third-order valence-electron chi connectivity index (χ3n) is 2.86. The van der Waals surface area contributed by atoms with Crippen LogP contribution in [-0.2, 0) is 14.4 Å². The van der Waals surface area contributed by atoms with Gasteiger partial charge in [0.15, 0.2) is 0 Å². The van der Waals surface area contributed by atoms with Crippen molar-refractivity contribution in [1.82, 2.24) is 10.2 Å². The maximum atomic E-state index is 12.0. The molecule has 0 aromatic heterocycles. The predicted octanol–water partition coefficient (Wildman–Crippen LogP) is -0.0233. The molecule has 1 fully saturated rings. The molecule has 0 spiro atoms. The van der Waals surface area contributed by atoms with Crippen molar-refractivity contribution in [3.05, 3.63) is 0 Å². The Balaban J connectivity index is 2.70. The number of nitrogens with one attached hydrogen (secondary N) is 1. The number of piperidine rings is 1. The molecule has 0 aromatic rings. The second-order valence-electron chi connectivity index (χ2n) is 4.30. The highest BCUT2D eigenvalue weighted by Crippen LogP contribution is 2.18. The quantitative estimate of drug-likeness (QED) is 0.728. The van der Waals surface area contributed by atoms with Crippen molar-refractivity contribution in [2.24, 2.45) is 0 Å². The number of aliphatic carboxylic acids is 1. The van der Waals surface area contributed by atoms with Gasteiger partial charge in [-0.1, -0.05) is 0 Å². The Hall–Kier alpha value is -1.59. The molecule has 0 saturated carbocycles. The van der Waals surface area contributed by atoms with E-state index >= 15 is 0 Å². The van der Waals surface area contributed by atoms with Gasteiger partial charge in [0.1, 0.15) is 12.1 Å². The lowest BCUT2D eigenvalue weighted by atomic mass is 10.0. The zero-order valence-electron chi connectivity index (χ0n) is 10.1. The Bertz CT molecular complexity index is 329. The van der Waals surface area contributed by atoms with Gasteiger partial charge in [-0.25, -0.2) is 4.79 Å². The summed E-state index contributed by atoms with van der Waals surface area (Å²) in [6.07, 6.45) is 2.10. The summed E-state index contributed by atoms with van der Waals surface area (Å²) in [4.78, 5) is 35.2. The molecule has 2 atom stereocenters. The maximum absolute atomic E-state index is 12.0. The van der Waals surface area contributed by atoms with Gasteiger partial charge in [0.2, 0.25) is 11.8 Å². The number of carbonyl (C=O) groups is 3. The number of hydrogen-bond acceptors (Lipinski definition) is 3. The molecule has 0 aromatic carbocycles.